The van der Waals surface area contributed by atoms with Crippen molar-refractivity contribution in [2.24, 2.45) is 0 Å². The lowest BCUT2D eigenvalue weighted by Gasteiger charge is -2.03. The van der Waals surface area contributed by atoms with Gasteiger partial charge in [0.1, 0.15) is 0 Å². The van der Waals surface area contributed by atoms with E-state index >= 15 is 0 Å². The predicted octanol–water partition coefficient (Wildman–Crippen LogP) is 4.15. The molecule has 2 aromatic carbocycles. The summed E-state index contributed by atoms with van der Waals surface area (Å²) in [6.45, 7) is 2.55. The number of carbonyl (C=O) groups excluding carboxylic acids is 1. The summed E-state index contributed by atoms with van der Waals surface area (Å²) in [5, 5.41) is 8.50. The fourth-order valence-electron chi connectivity index (χ4n) is 2.97. The van der Waals surface area contributed by atoms with E-state index in [1.165, 1.54) is 4.70 Å². The van der Waals surface area contributed by atoms with Gasteiger partial charge in [0.2, 0.25) is 0 Å². The van der Waals surface area contributed by atoms with Crippen LogP contribution >= 0.6 is 11.3 Å². The lowest BCUT2D eigenvalue weighted by atomic mass is 10.3. The van der Waals surface area contributed by atoms with E-state index in [4.69, 9.17) is 0 Å². The van der Waals surface area contributed by atoms with E-state index in [-0.39, 0.29) is 5.91 Å². The summed E-state index contributed by atoms with van der Waals surface area (Å²) < 4.78 is 2.99. The first-order valence-corrected chi connectivity index (χ1v) is 9.77. The van der Waals surface area contributed by atoms with Gasteiger partial charge in [-0.1, -0.05) is 30.3 Å². The van der Waals surface area contributed by atoms with Gasteiger partial charge in [0.05, 0.1) is 20.9 Å². The van der Waals surface area contributed by atoms with Crippen LogP contribution in [0.3, 0.4) is 0 Å². The minimum Gasteiger partial charge on any atom is -0.351 e. The summed E-state index contributed by atoms with van der Waals surface area (Å²) in [6.07, 6.45) is 1.71. The molecule has 2 heterocycles. The second kappa shape index (κ2) is 7.72. The molecule has 0 bridgehead atoms. The van der Waals surface area contributed by atoms with Crippen LogP contribution < -0.4 is 5.32 Å². The van der Waals surface area contributed by atoms with Gasteiger partial charge in [-0.05, 0) is 43.7 Å². The van der Waals surface area contributed by atoms with Crippen molar-refractivity contribution in [3.05, 3.63) is 77.1 Å². The number of hydrogen-bond acceptors (Lipinski definition) is 4. The van der Waals surface area contributed by atoms with Crippen molar-refractivity contribution >= 4 is 27.5 Å². The first-order chi connectivity index (χ1) is 13.2. The second-order valence-electron chi connectivity index (χ2n) is 6.35. The zero-order valence-corrected chi connectivity index (χ0v) is 15.9. The molecule has 4 aromatic rings. The third-order valence-electron chi connectivity index (χ3n) is 4.31. The number of para-hydroxylation sites is 2. The molecule has 1 amide bonds. The van der Waals surface area contributed by atoms with Gasteiger partial charge in [-0.15, -0.1) is 11.3 Å². The van der Waals surface area contributed by atoms with Gasteiger partial charge in [0.25, 0.3) is 5.91 Å². The number of thiazole rings is 1. The number of amides is 1. The maximum absolute atomic E-state index is 12.4. The summed E-state index contributed by atoms with van der Waals surface area (Å²) in [6, 6.07) is 19.8. The number of aryl methyl sites for hydroxylation is 2. The van der Waals surface area contributed by atoms with Crippen LogP contribution in [0.15, 0.2) is 60.7 Å². The zero-order chi connectivity index (χ0) is 18.6. The second-order valence-corrected chi connectivity index (χ2v) is 7.47. The average molecular weight is 376 g/mol. The zero-order valence-electron chi connectivity index (χ0n) is 15.1. The van der Waals surface area contributed by atoms with Crippen molar-refractivity contribution in [3.8, 4) is 5.69 Å². The fraction of sp³-hybridized carbons (Fsp3) is 0.190. The van der Waals surface area contributed by atoms with E-state index in [1.807, 2.05) is 61.5 Å². The predicted molar refractivity (Wildman–Crippen MR) is 109 cm³/mol. The van der Waals surface area contributed by atoms with Crippen LogP contribution in [0.1, 0.15) is 27.6 Å². The molecular weight excluding hydrogens is 356 g/mol. The SMILES string of the molecule is Cc1cc(C(=O)NCCCc2nc3ccccc3s2)nn1-c1ccccc1. The molecule has 27 heavy (non-hydrogen) atoms. The maximum atomic E-state index is 12.4. The Balaban J connectivity index is 1.33. The summed E-state index contributed by atoms with van der Waals surface area (Å²) in [7, 11) is 0. The topological polar surface area (TPSA) is 59.8 Å². The van der Waals surface area contributed by atoms with E-state index in [0.29, 0.717) is 12.2 Å². The highest BCUT2D eigenvalue weighted by Crippen LogP contribution is 2.22. The molecule has 0 spiro atoms. The number of nitrogens with zero attached hydrogens (tertiary/aromatic N) is 3. The molecule has 1 N–H and O–H groups in total. The molecule has 0 atom stereocenters. The third-order valence-corrected chi connectivity index (χ3v) is 5.41. The van der Waals surface area contributed by atoms with Gasteiger partial charge in [-0.3, -0.25) is 4.79 Å². The Morgan fingerprint density at radius 1 is 1.11 bits per heavy atom. The molecule has 5 nitrogen and oxygen atoms in total. The summed E-state index contributed by atoms with van der Waals surface area (Å²) in [4.78, 5) is 17.0. The van der Waals surface area contributed by atoms with Gasteiger partial charge >= 0.3 is 0 Å². The summed E-state index contributed by atoms with van der Waals surface area (Å²) in [5.41, 5.74) is 3.37. The Morgan fingerprint density at radius 2 is 1.89 bits per heavy atom. The van der Waals surface area contributed by atoms with Crippen LogP contribution in [0.5, 0.6) is 0 Å². The number of nitrogens with one attached hydrogen (secondary N) is 1. The van der Waals surface area contributed by atoms with Crippen molar-refractivity contribution in [2.75, 3.05) is 6.54 Å². The standard InChI is InChI=1S/C21H20N4OS/c1-15-14-18(24-25(15)16-8-3-2-4-9-16)21(26)22-13-7-12-20-23-17-10-5-6-11-19(17)27-20/h2-6,8-11,14H,7,12-13H2,1H3,(H,22,26). The molecule has 136 valence electrons. The lowest BCUT2D eigenvalue weighted by molar-refractivity contribution is 0.0948. The van der Waals surface area contributed by atoms with Gasteiger partial charge in [0.15, 0.2) is 5.69 Å². The molecule has 4 rings (SSSR count). The minimum atomic E-state index is -0.142. The first-order valence-electron chi connectivity index (χ1n) is 8.95. The maximum Gasteiger partial charge on any atom is 0.271 e. The van der Waals surface area contributed by atoms with Crippen LogP contribution in [0, 0.1) is 6.92 Å². The quantitative estimate of drug-likeness (QED) is 0.514. The fourth-order valence-corrected chi connectivity index (χ4v) is 3.98. The first kappa shape index (κ1) is 17.4. The van der Waals surface area contributed by atoms with Crippen LogP contribution in [0.25, 0.3) is 15.9 Å². The Kier molecular flexibility index (Phi) is 4.98. The molecule has 0 unspecified atom stereocenters. The minimum absolute atomic E-state index is 0.142. The van der Waals surface area contributed by atoms with Crippen molar-refractivity contribution < 1.29 is 4.79 Å². The highest BCUT2D eigenvalue weighted by Gasteiger charge is 2.13. The molecule has 6 heteroatoms. The molecule has 0 aliphatic carbocycles. The van der Waals surface area contributed by atoms with Crippen LogP contribution in [-0.4, -0.2) is 27.2 Å². The Hall–Kier alpha value is -2.99. The van der Waals surface area contributed by atoms with Crippen LogP contribution in [0.4, 0.5) is 0 Å². The van der Waals surface area contributed by atoms with Crippen molar-refractivity contribution in [1.82, 2.24) is 20.1 Å². The largest absolute Gasteiger partial charge is 0.351 e. The normalized spacial score (nSPS) is 11.0. The van der Waals surface area contributed by atoms with E-state index in [1.54, 1.807) is 16.0 Å². The van der Waals surface area contributed by atoms with Crippen LogP contribution in [0.2, 0.25) is 0 Å². The molecule has 0 aliphatic rings. The number of carbonyl (C=O) groups is 1. The van der Waals surface area contributed by atoms with E-state index < -0.39 is 0 Å². The molecule has 2 aromatic heterocycles. The third kappa shape index (κ3) is 3.90. The van der Waals surface area contributed by atoms with Crippen molar-refractivity contribution in [1.29, 1.82) is 0 Å². The Bertz CT molecular complexity index is 1040. The lowest BCUT2D eigenvalue weighted by Crippen LogP contribution is -2.25. The van der Waals surface area contributed by atoms with Gasteiger partial charge in [-0.25, -0.2) is 9.67 Å². The number of aromatic nitrogens is 3. The number of fused-ring (bicyclic) bond motifs is 1. The van der Waals surface area contributed by atoms with E-state index in [2.05, 4.69) is 21.5 Å². The summed E-state index contributed by atoms with van der Waals surface area (Å²) >= 11 is 1.72. The molecule has 0 saturated heterocycles. The monoisotopic (exact) mass is 376 g/mol. The summed E-state index contributed by atoms with van der Waals surface area (Å²) in [5.74, 6) is -0.142. The Labute approximate surface area is 161 Å². The van der Waals surface area contributed by atoms with Gasteiger partial charge in [0, 0.05) is 18.7 Å². The highest BCUT2D eigenvalue weighted by molar-refractivity contribution is 7.18. The number of hydrogen-bond donors (Lipinski definition) is 1. The average Bonchev–Trinajstić information content (AvgIpc) is 3.29. The number of benzene rings is 2. The van der Waals surface area contributed by atoms with Gasteiger partial charge in [-0.2, -0.15) is 5.10 Å². The van der Waals surface area contributed by atoms with E-state index in [9.17, 15) is 4.79 Å². The van der Waals surface area contributed by atoms with E-state index in [0.717, 1.165) is 34.7 Å². The molecule has 0 saturated carbocycles. The van der Waals surface area contributed by atoms with Gasteiger partial charge < -0.3 is 5.32 Å². The molecule has 0 aliphatic heterocycles. The van der Waals surface area contributed by atoms with Crippen LogP contribution in [-0.2, 0) is 6.42 Å². The van der Waals surface area contributed by atoms with Crippen molar-refractivity contribution in [3.63, 3.8) is 0 Å². The Morgan fingerprint density at radius 3 is 2.70 bits per heavy atom. The molecule has 0 radical (unpaired) electrons. The van der Waals surface area contributed by atoms with Crippen molar-refractivity contribution in [2.45, 2.75) is 19.8 Å². The smallest absolute Gasteiger partial charge is 0.271 e. The molecule has 0 fully saturated rings. The number of rotatable bonds is 6. The molecular formula is C21H20N4OS. The highest BCUT2D eigenvalue weighted by atomic mass is 32.1.